The number of carbonyl (C=O) groups is 1. The SMILES string of the molecule is CCc1nn(C)c(CC(=O)C(N)CCS(C)(=O)=O)c1Cl. The third-order valence-corrected chi connectivity index (χ3v) is 4.47. The molecule has 0 saturated heterocycles. The van der Waals surface area contributed by atoms with Crippen LogP contribution in [0.5, 0.6) is 0 Å². The Morgan fingerprint density at radius 2 is 2.10 bits per heavy atom. The summed E-state index contributed by atoms with van der Waals surface area (Å²) in [5, 5.41) is 4.71. The van der Waals surface area contributed by atoms with E-state index in [0.717, 1.165) is 11.9 Å². The van der Waals surface area contributed by atoms with Crippen LogP contribution in [0, 0.1) is 0 Å². The molecule has 0 bridgehead atoms. The van der Waals surface area contributed by atoms with Crippen molar-refractivity contribution in [2.75, 3.05) is 12.0 Å². The summed E-state index contributed by atoms with van der Waals surface area (Å²) in [4.78, 5) is 12.0. The van der Waals surface area contributed by atoms with E-state index in [2.05, 4.69) is 5.10 Å². The lowest BCUT2D eigenvalue weighted by Gasteiger charge is -2.10. The van der Waals surface area contributed by atoms with Crippen LogP contribution in [0.3, 0.4) is 0 Å². The van der Waals surface area contributed by atoms with E-state index >= 15 is 0 Å². The highest BCUT2D eigenvalue weighted by Crippen LogP contribution is 2.21. The van der Waals surface area contributed by atoms with E-state index in [9.17, 15) is 13.2 Å². The number of aryl methyl sites for hydroxylation is 2. The molecule has 0 spiro atoms. The van der Waals surface area contributed by atoms with Crippen LogP contribution in [-0.4, -0.2) is 42.0 Å². The van der Waals surface area contributed by atoms with Gasteiger partial charge in [-0.1, -0.05) is 18.5 Å². The average Bonchev–Trinajstić information content (AvgIpc) is 2.62. The summed E-state index contributed by atoms with van der Waals surface area (Å²) in [6.45, 7) is 1.93. The van der Waals surface area contributed by atoms with Gasteiger partial charge >= 0.3 is 0 Å². The van der Waals surface area contributed by atoms with Crippen LogP contribution >= 0.6 is 11.6 Å². The maximum atomic E-state index is 12.0. The van der Waals surface area contributed by atoms with Gasteiger partial charge in [-0.15, -0.1) is 0 Å². The van der Waals surface area contributed by atoms with E-state index in [0.29, 0.717) is 17.1 Å². The highest BCUT2D eigenvalue weighted by molar-refractivity contribution is 7.90. The van der Waals surface area contributed by atoms with E-state index in [1.54, 1.807) is 11.7 Å². The standard InChI is InChI=1S/C12H20ClN3O3S/c1-4-9-12(13)10(16(2)15-9)7-11(17)8(14)5-6-20(3,18)19/h8H,4-7,14H2,1-3H3. The van der Waals surface area contributed by atoms with Gasteiger partial charge in [-0.25, -0.2) is 8.42 Å². The number of ketones is 1. The third-order valence-electron chi connectivity index (χ3n) is 3.06. The summed E-state index contributed by atoms with van der Waals surface area (Å²) in [6, 6.07) is -0.805. The molecular weight excluding hydrogens is 302 g/mol. The molecule has 6 nitrogen and oxygen atoms in total. The molecule has 0 aliphatic carbocycles. The highest BCUT2D eigenvalue weighted by atomic mass is 35.5. The van der Waals surface area contributed by atoms with E-state index in [1.165, 1.54) is 0 Å². The molecule has 1 aromatic heterocycles. The lowest BCUT2D eigenvalue weighted by atomic mass is 10.1. The fraction of sp³-hybridized carbons (Fsp3) is 0.667. The molecule has 1 heterocycles. The zero-order chi connectivity index (χ0) is 15.5. The number of carbonyl (C=O) groups excluding carboxylic acids is 1. The third kappa shape index (κ3) is 4.57. The van der Waals surface area contributed by atoms with Crippen molar-refractivity contribution in [2.45, 2.75) is 32.2 Å². The summed E-state index contributed by atoms with van der Waals surface area (Å²) in [5.74, 6) is -0.333. The fourth-order valence-corrected chi connectivity index (χ4v) is 2.85. The quantitative estimate of drug-likeness (QED) is 0.789. The van der Waals surface area contributed by atoms with Crippen molar-refractivity contribution in [3.05, 3.63) is 16.4 Å². The predicted octanol–water partition coefficient (Wildman–Crippen LogP) is 0.510. The molecule has 114 valence electrons. The van der Waals surface area contributed by atoms with E-state index in [-0.39, 0.29) is 24.4 Å². The minimum absolute atomic E-state index is 0.0628. The van der Waals surface area contributed by atoms with Crippen LogP contribution in [0.15, 0.2) is 0 Å². The van der Waals surface area contributed by atoms with Crippen LogP contribution < -0.4 is 5.73 Å². The Morgan fingerprint density at radius 3 is 2.55 bits per heavy atom. The molecule has 2 N–H and O–H groups in total. The lowest BCUT2D eigenvalue weighted by molar-refractivity contribution is -0.119. The average molecular weight is 322 g/mol. The Kier molecular flexibility index (Phi) is 5.73. The zero-order valence-electron chi connectivity index (χ0n) is 11.9. The first-order chi connectivity index (χ1) is 9.15. The van der Waals surface area contributed by atoms with E-state index in [4.69, 9.17) is 17.3 Å². The predicted molar refractivity (Wildman–Crippen MR) is 78.6 cm³/mol. The Bertz CT molecular complexity index is 595. The normalized spacial score (nSPS) is 13.4. The Hall–Kier alpha value is -0.920. The first-order valence-electron chi connectivity index (χ1n) is 6.32. The van der Waals surface area contributed by atoms with E-state index < -0.39 is 15.9 Å². The van der Waals surface area contributed by atoms with Gasteiger partial charge in [0.25, 0.3) is 0 Å². The number of halogens is 1. The maximum absolute atomic E-state index is 12.0. The molecule has 1 unspecified atom stereocenters. The topological polar surface area (TPSA) is 95.0 Å². The van der Waals surface area contributed by atoms with Gasteiger partial charge in [-0.05, 0) is 12.8 Å². The monoisotopic (exact) mass is 321 g/mol. The van der Waals surface area contributed by atoms with Gasteiger partial charge in [0.1, 0.15) is 9.84 Å². The van der Waals surface area contributed by atoms with Crippen molar-refractivity contribution >= 4 is 27.2 Å². The largest absolute Gasteiger partial charge is 0.321 e. The highest BCUT2D eigenvalue weighted by Gasteiger charge is 2.21. The molecule has 0 aliphatic heterocycles. The van der Waals surface area contributed by atoms with Crippen LogP contribution in [-0.2, 0) is 34.5 Å². The Labute approximate surface area is 124 Å². The second kappa shape index (κ2) is 6.69. The van der Waals surface area contributed by atoms with Gasteiger partial charge in [-0.3, -0.25) is 9.48 Å². The van der Waals surface area contributed by atoms with Crippen molar-refractivity contribution in [1.82, 2.24) is 9.78 Å². The van der Waals surface area contributed by atoms with Gasteiger partial charge < -0.3 is 5.73 Å². The van der Waals surface area contributed by atoms with Crippen molar-refractivity contribution in [3.63, 3.8) is 0 Å². The van der Waals surface area contributed by atoms with Gasteiger partial charge in [0.15, 0.2) is 5.78 Å². The number of rotatable bonds is 7. The van der Waals surface area contributed by atoms with Crippen LogP contribution in [0.1, 0.15) is 24.7 Å². The molecular formula is C12H20ClN3O3S. The molecule has 1 rings (SSSR count). The summed E-state index contributed by atoms with van der Waals surface area (Å²) in [6.07, 6.45) is 1.98. The number of nitrogens with two attached hydrogens (primary N) is 1. The van der Waals surface area contributed by atoms with Crippen LogP contribution in [0.2, 0.25) is 5.02 Å². The number of nitrogens with zero attached hydrogens (tertiary/aromatic N) is 2. The molecule has 1 atom stereocenters. The minimum Gasteiger partial charge on any atom is -0.321 e. The summed E-state index contributed by atoms with van der Waals surface area (Å²) < 4.78 is 23.7. The first kappa shape index (κ1) is 17.1. The van der Waals surface area contributed by atoms with Gasteiger partial charge in [0, 0.05) is 13.3 Å². The number of Topliss-reactive ketones (excluding diaryl/α,β-unsaturated/α-hetero) is 1. The summed E-state index contributed by atoms with van der Waals surface area (Å²) in [7, 11) is -1.40. The minimum atomic E-state index is -3.12. The summed E-state index contributed by atoms with van der Waals surface area (Å²) in [5.41, 5.74) is 7.08. The first-order valence-corrected chi connectivity index (χ1v) is 8.75. The second-order valence-corrected chi connectivity index (χ2v) is 7.49. The smallest absolute Gasteiger partial charge is 0.155 e. The van der Waals surface area contributed by atoms with Crippen molar-refractivity contribution in [2.24, 2.45) is 12.8 Å². The molecule has 0 saturated carbocycles. The fourth-order valence-electron chi connectivity index (χ4n) is 1.81. The molecule has 0 amide bonds. The second-order valence-electron chi connectivity index (χ2n) is 4.85. The zero-order valence-corrected chi connectivity index (χ0v) is 13.5. The maximum Gasteiger partial charge on any atom is 0.155 e. The molecule has 0 radical (unpaired) electrons. The molecule has 20 heavy (non-hydrogen) atoms. The Morgan fingerprint density at radius 1 is 1.50 bits per heavy atom. The van der Waals surface area contributed by atoms with Crippen molar-refractivity contribution < 1.29 is 13.2 Å². The number of sulfone groups is 1. The molecule has 8 heteroatoms. The van der Waals surface area contributed by atoms with Gasteiger partial charge in [-0.2, -0.15) is 5.10 Å². The van der Waals surface area contributed by atoms with Crippen molar-refractivity contribution in [3.8, 4) is 0 Å². The van der Waals surface area contributed by atoms with Crippen molar-refractivity contribution in [1.29, 1.82) is 0 Å². The summed E-state index contributed by atoms with van der Waals surface area (Å²) >= 11 is 6.16. The molecule has 0 aromatic carbocycles. The lowest BCUT2D eigenvalue weighted by Crippen LogP contribution is -2.34. The number of aromatic nitrogens is 2. The van der Waals surface area contributed by atoms with Gasteiger partial charge in [0.05, 0.1) is 34.6 Å². The van der Waals surface area contributed by atoms with Crippen LogP contribution in [0.25, 0.3) is 0 Å². The molecule has 1 aromatic rings. The Balaban J connectivity index is 2.73. The number of hydrogen-bond acceptors (Lipinski definition) is 5. The van der Waals surface area contributed by atoms with E-state index in [1.807, 2.05) is 6.92 Å². The van der Waals surface area contributed by atoms with Crippen LogP contribution in [0.4, 0.5) is 0 Å². The van der Waals surface area contributed by atoms with Gasteiger partial charge in [0.2, 0.25) is 0 Å². The molecule has 0 aliphatic rings. The number of hydrogen-bond donors (Lipinski definition) is 1. The molecule has 0 fully saturated rings.